The SMILES string of the molecule is CNCC1CCC(COc2cccc(OC)c2)O1. The molecular formula is C14H21NO3. The summed E-state index contributed by atoms with van der Waals surface area (Å²) >= 11 is 0. The molecule has 0 aliphatic carbocycles. The zero-order valence-corrected chi connectivity index (χ0v) is 11.0. The van der Waals surface area contributed by atoms with Gasteiger partial charge >= 0.3 is 0 Å². The molecule has 1 fully saturated rings. The highest BCUT2D eigenvalue weighted by Gasteiger charge is 2.24. The summed E-state index contributed by atoms with van der Waals surface area (Å²) in [5.41, 5.74) is 0. The zero-order valence-electron chi connectivity index (χ0n) is 11.0. The first-order valence-electron chi connectivity index (χ1n) is 6.38. The van der Waals surface area contributed by atoms with Crippen LogP contribution >= 0.6 is 0 Å². The molecule has 1 aromatic carbocycles. The highest BCUT2D eigenvalue weighted by atomic mass is 16.5. The average Bonchev–Trinajstić information content (AvgIpc) is 2.85. The summed E-state index contributed by atoms with van der Waals surface area (Å²) in [6.07, 6.45) is 2.70. The van der Waals surface area contributed by atoms with Crippen molar-refractivity contribution in [2.45, 2.75) is 25.0 Å². The van der Waals surface area contributed by atoms with Gasteiger partial charge in [0.15, 0.2) is 0 Å². The van der Waals surface area contributed by atoms with E-state index < -0.39 is 0 Å². The number of nitrogens with one attached hydrogen (secondary N) is 1. The molecule has 0 aromatic heterocycles. The Morgan fingerprint density at radius 1 is 1.28 bits per heavy atom. The topological polar surface area (TPSA) is 39.7 Å². The lowest BCUT2D eigenvalue weighted by Gasteiger charge is -2.14. The molecule has 2 unspecified atom stereocenters. The van der Waals surface area contributed by atoms with E-state index in [4.69, 9.17) is 14.2 Å². The third-order valence-electron chi connectivity index (χ3n) is 3.10. The molecule has 0 radical (unpaired) electrons. The first-order chi connectivity index (χ1) is 8.81. The van der Waals surface area contributed by atoms with Gasteiger partial charge in [0.25, 0.3) is 0 Å². The van der Waals surface area contributed by atoms with Gasteiger partial charge in [-0.25, -0.2) is 0 Å². The van der Waals surface area contributed by atoms with Crippen LogP contribution in [0, 0.1) is 0 Å². The molecule has 0 spiro atoms. The quantitative estimate of drug-likeness (QED) is 0.837. The van der Waals surface area contributed by atoms with Gasteiger partial charge in [0.1, 0.15) is 18.1 Å². The van der Waals surface area contributed by atoms with Crippen molar-refractivity contribution < 1.29 is 14.2 Å². The molecule has 1 N–H and O–H groups in total. The minimum absolute atomic E-state index is 0.203. The van der Waals surface area contributed by atoms with E-state index in [9.17, 15) is 0 Å². The van der Waals surface area contributed by atoms with E-state index in [1.165, 1.54) is 0 Å². The predicted molar refractivity (Wildman–Crippen MR) is 70.3 cm³/mol. The number of rotatable bonds is 6. The molecule has 4 heteroatoms. The highest BCUT2D eigenvalue weighted by molar-refractivity contribution is 5.32. The molecule has 0 saturated carbocycles. The van der Waals surface area contributed by atoms with Crippen molar-refractivity contribution in [1.82, 2.24) is 5.32 Å². The van der Waals surface area contributed by atoms with Crippen molar-refractivity contribution in [2.75, 3.05) is 27.3 Å². The zero-order chi connectivity index (χ0) is 12.8. The minimum Gasteiger partial charge on any atom is -0.497 e. The van der Waals surface area contributed by atoms with E-state index in [0.717, 1.165) is 30.9 Å². The fourth-order valence-corrected chi connectivity index (χ4v) is 2.16. The normalized spacial score (nSPS) is 23.0. The Kier molecular flexibility index (Phi) is 4.84. The second-order valence-corrected chi connectivity index (χ2v) is 4.51. The predicted octanol–water partition coefficient (Wildman–Crippen LogP) is 1.84. The number of hydrogen-bond donors (Lipinski definition) is 1. The van der Waals surface area contributed by atoms with Crippen molar-refractivity contribution in [2.24, 2.45) is 0 Å². The maximum Gasteiger partial charge on any atom is 0.123 e. The summed E-state index contributed by atoms with van der Waals surface area (Å²) in [5, 5.41) is 3.14. The van der Waals surface area contributed by atoms with Crippen molar-refractivity contribution in [1.29, 1.82) is 0 Å². The highest BCUT2D eigenvalue weighted by Crippen LogP contribution is 2.22. The summed E-state index contributed by atoms with van der Waals surface area (Å²) in [7, 11) is 3.60. The molecule has 2 rings (SSSR count). The van der Waals surface area contributed by atoms with Crippen LogP contribution in [-0.2, 0) is 4.74 Å². The summed E-state index contributed by atoms with van der Waals surface area (Å²) in [6.45, 7) is 1.52. The van der Waals surface area contributed by atoms with E-state index >= 15 is 0 Å². The van der Waals surface area contributed by atoms with Crippen LogP contribution in [0.2, 0.25) is 0 Å². The molecule has 100 valence electrons. The van der Waals surface area contributed by atoms with Crippen LogP contribution in [0.5, 0.6) is 11.5 Å². The van der Waals surface area contributed by atoms with Crippen LogP contribution in [0.25, 0.3) is 0 Å². The van der Waals surface area contributed by atoms with Gasteiger partial charge in [-0.3, -0.25) is 0 Å². The van der Waals surface area contributed by atoms with Crippen LogP contribution in [-0.4, -0.2) is 39.5 Å². The molecule has 2 atom stereocenters. The van der Waals surface area contributed by atoms with E-state index in [0.29, 0.717) is 12.7 Å². The Morgan fingerprint density at radius 3 is 2.83 bits per heavy atom. The van der Waals surface area contributed by atoms with E-state index in [1.807, 2.05) is 31.3 Å². The van der Waals surface area contributed by atoms with Crippen molar-refractivity contribution >= 4 is 0 Å². The van der Waals surface area contributed by atoms with Crippen LogP contribution in [0.4, 0.5) is 0 Å². The molecular weight excluding hydrogens is 230 g/mol. The maximum atomic E-state index is 5.86. The second kappa shape index (κ2) is 6.61. The summed E-state index contributed by atoms with van der Waals surface area (Å²) in [4.78, 5) is 0. The lowest BCUT2D eigenvalue weighted by molar-refractivity contribution is 0.0193. The van der Waals surface area contributed by atoms with Crippen LogP contribution in [0.1, 0.15) is 12.8 Å². The first kappa shape index (κ1) is 13.2. The van der Waals surface area contributed by atoms with Gasteiger partial charge in [0.2, 0.25) is 0 Å². The standard InChI is InChI=1S/C14H21NO3/c1-15-9-13-6-7-14(18-13)10-17-12-5-3-4-11(8-12)16-2/h3-5,8,13-15H,6-7,9-10H2,1-2H3. The lowest BCUT2D eigenvalue weighted by Crippen LogP contribution is -2.25. The largest absolute Gasteiger partial charge is 0.497 e. The van der Waals surface area contributed by atoms with Gasteiger partial charge in [-0.15, -0.1) is 0 Å². The Labute approximate surface area is 108 Å². The Morgan fingerprint density at radius 2 is 2.06 bits per heavy atom. The molecule has 0 amide bonds. The van der Waals surface area contributed by atoms with Crippen molar-refractivity contribution in [3.8, 4) is 11.5 Å². The monoisotopic (exact) mass is 251 g/mol. The summed E-state index contributed by atoms with van der Waals surface area (Å²) in [6, 6.07) is 7.65. The number of methoxy groups -OCH3 is 1. The second-order valence-electron chi connectivity index (χ2n) is 4.51. The average molecular weight is 251 g/mol. The summed E-state index contributed by atoms with van der Waals surface area (Å²) < 4.78 is 16.8. The first-order valence-corrected chi connectivity index (χ1v) is 6.38. The molecule has 1 saturated heterocycles. The molecule has 1 heterocycles. The Bertz CT molecular complexity index is 370. The van der Waals surface area contributed by atoms with Gasteiger partial charge in [-0.05, 0) is 32.0 Å². The van der Waals surface area contributed by atoms with Gasteiger partial charge in [0.05, 0.1) is 19.3 Å². The molecule has 1 aliphatic heterocycles. The molecule has 4 nitrogen and oxygen atoms in total. The van der Waals surface area contributed by atoms with E-state index in [-0.39, 0.29) is 6.10 Å². The fraction of sp³-hybridized carbons (Fsp3) is 0.571. The molecule has 0 bridgehead atoms. The Balaban J connectivity index is 1.78. The fourth-order valence-electron chi connectivity index (χ4n) is 2.16. The van der Waals surface area contributed by atoms with E-state index in [1.54, 1.807) is 7.11 Å². The van der Waals surface area contributed by atoms with Crippen LogP contribution < -0.4 is 14.8 Å². The number of likely N-dealkylation sites (N-methyl/N-ethyl adjacent to an activating group) is 1. The Hall–Kier alpha value is -1.26. The number of benzene rings is 1. The van der Waals surface area contributed by atoms with Crippen LogP contribution in [0.3, 0.4) is 0 Å². The number of hydrogen-bond acceptors (Lipinski definition) is 4. The molecule has 1 aliphatic rings. The smallest absolute Gasteiger partial charge is 0.123 e. The molecule has 18 heavy (non-hydrogen) atoms. The molecule has 1 aromatic rings. The van der Waals surface area contributed by atoms with Crippen molar-refractivity contribution in [3.05, 3.63) is 24.3 Å². The van der Waals surface area contributed by atoms with Gasteiger partial charge in [0, 0.05) is 12.6 Å². The third kappa shape index (κ3) is 3.62. The van der Waals surface area contributed by atoms with Gasteiger partial charge in [-0.2, -0.15) is 0 Å². The number of ether oxygens (including phenoxy) is 3. The van der Waals surface area contributed by atoms with Crippen LogP contribution in [0.15, 0.2) is 24.3 Å². The van der Waals surface area contributed by atoms with Crippen molar-refractivity contribution in [3.63, 3.8) is 0 Å². The summed E-state index contributed by atoms with van der Waals surface area (Å²) in [5.74, 6) is 1.64. The van der Waals surface area contributed by atoms with E-state index in [2.05, 4.69) is 5.32 Å². The van der Waals surface area contributed by atoms with Gasteiger partial charge < -0.3 is 19.5 Å². The third-order valence-corrected chi connectivity index (χ3v) is 3.10. The maximum absolute atomic E-state index is 5.86. The lowest BCUT2D eigenvalue weighted by atomic mass is 10.2. The minimum atomic E-state index is 0.203. The van der Waals surface area contributed by atoms with Gasteiger partial charge in [-0.1, -0.05) is 6.07 Å².